The van der Waals surface area contributed by atoms with Crippen LogP contribution in [0.3, 0.4) is 0 Å². The van der Waals surface area contributed by atoms with Gasteiger partial charge in [-0.2, -0.15) is 0 Å². The average molecular weight is 270 g/mol. The highest BCUT2D eigenvalue weighted by atomic mass is 16.5. The molecule has 0 amide bonds. The molecule has 1 heterocycles. The number of ether oxygens (including phenoxy) is 1. The number of aryl methyl sites for hydroxylation is 1. The minimum atomic E-state index is -0.145. The molecule has 20 heavy (non-hydrogen) atoms. The van der Waals surface area contributed by atoms with Gasteiger partial charge in [0, 0.05) is 23.0 Å². The molecule has 0 saturated carbocycles. The van der Waals surface area contributed by atoms with Crippen molar-refractivity contribution >= 4 is 11.5 Å². The van der Waals surface area contributed by atoms with Crippen LogP contribution in [0.4, 0.5) is 5.69 Å². The van der Waals surface area contributed by atoms with Crippen molar-refractivity contribution in [3.63, 3.8) is 0 Å². The van der Waals surface area contributed by atoms with Crippen molar-refractivity contribution < 1.29 is 9.53 Å². The van der Waals surface area contributed by atoms with Gasteiger partial charge in [0.2, 0.25) is 0 Å². The highest BCUT2D eigenvalue weighted by molar-refractivity contribution is 6.12. The predicted molar refractivity (Wildman–Crippen MR) is 79.0 cm³/mol. The number of carbonyl (C=O) groups is 1. The zero-order chi connectivity index (χ0) is 14.7. The second kappa shape index (κ2) is 5.74. The number of rotatable bonds is 4. The summed E-state index contributed by atoms with van der Waals surface area (Å²) in [6.45, 7) is 5.77. The standard InChI is InChI=1S/C16H18N2O2/c1-10(2)20-13-7-12(8-18-9-13)16(19)14-6-11(3)4-5-15(14)17/h4-10H,17H2,1-3H3. The molecule has 0 spiro atoms. The molecule has 0 aliphatic heterocycles. The first kappa shape index (κ1) is 14.1. The van der Waals surface area contributed by atoms with E-state index in [2.05, 4.69) is 4.98 Å². The van der Waals surface area contributed by atoms with E-state index in [4.69, 9.17) is 10.5 Å². The van der Waals surface area contributed by atoms with E-state index in [9.17, 15) is 4.79 Å². The molecule has 4 heteroatoms. The summed E-state index contributed by atoms with van der Waals surface area (Å²) < 4.78 is 5.55. The van der Waals surface area contributed by atoms with Crippen molar-refractivity contribution in [1.29, 1.82) is 0 Å². The van der Waals surface area contributed by atoms with E-state index in [1.54, 1.807) is 24.4 Å². The fraction of sp³-hybridized carbons (Fsp3) is 0.250. The summed E-state index contributed by atoms with van der Waals surface area (Å²) in [5, 5.41) is 0. The number of benzene rings is 1. The largest absolute Gasteiger partial charge is 0.489 e. The van der Waals surface area contributed by atoms with E-state index in [0.29, 0.717) is 22.6 Å². The molecule has 0 aliphatic carbocycles. The monoisotopic (exact) mass is 270 g/mol. The maximum atomic E-state index is 12.5. The molecule has 104 valence electrons. The maximum Gasteiger partial charge on any atom is 0.196 e. The van der Waals surface area contributed by atoms with E-state index in [1.165, 1.54) is 6.20 Å². The molecule has 1 aromatic heterocycles. The minimum absolute atomic E-state index is 0.0335. The summed E-state index contributed by atoms with van der Waals surface area (Å²) in [6, 6.07) is 7.10. The number of ketones is 1. The van der Waals surface area contributed by atoms with Gasteiger partial charge in [-0.3, -0.25) is 9.78 Å². The van der Waals surface area contributed by atoms with Crippen LogP contribution in [0.1, 0.15) is 35.3 Å². The Balaban J connectivity index is 2.35. The van der Waals surface area contributed by atoms with Crippen LogP contribution in [-0.4, -0.2) is 16.9 Å². The van der Waals surface area contributed by atoms with Gasteiger partial charge in [-0.15, -0.1) is 0 Å². The van der Waals surface area contributed by atoms with Crippen LogP contribution in [0.25, 0.3) is 0 Å². The second-order valence-corrected chi connectivity index (χ2v) is 5.00. The third-order valence-electron chi connectivity index (χ3n) is 2.80. The summed E-state index contributed by atoms with van der Waals surface area (Å²) in [5.74, 6) is 0.435. The smallest absolute Gasteiger partial charge is 0.196 e. The first-order valence-corrected chi connectivity index (χ1v) is 6.50. The summed E-state index contributed by atoms with van der Waals surface area (Å²) in [7, 11) is 0. The third-order valence-corrected chi connectivity index (χ3v) is 2.80. The zero-order valence-electron chi connectivity index (χ0n) is 11.9. The summed E-state index contributed by atoms with van der Waals surface area (Å²) in [6.07, 6.45) is 3.15. The van der Waals surface area contributed by atoms with Crippen LogP contribution >= 0.6 is 0 Å². The average Bonchev–Trinajstić information content (AvgIpc) is 2.40. The van der Waals surface area contributed by atoms with Gasteiger partial charge in [0.15, 0.2) is 5.78 Å². The Morgan fingerprint density at radius 1 is 1.25 bits per heavy atom. The lowest BCUT2D eigenvalue weighted by atomic mass is 10.0. The molecular weight excluding hydrogens is 252 g/mol. The van der Waals surface area contributed by atoms with E-state index >= 15 is 0 Å². The van der Waals surface area contributed by atoms with Crippen molar-refractivity contribution in [3.05, 3.63) is 53.3 Å². The van der Waals surface area contributed by atoms with Gasteiger partial charge >= 0.3 is 0 Å². The number of nitrogens with two attached hydrogens (primary N) is 1. The van der Waals surface area contributed by atoms with Crippen LogP contribution in [0, 0.1) is 6.92 Å². The lowest BCUT2D eigenvalue weighted by molar-refractivity contribution is 0.103. The van der Waals surface area contributed by atoms with Gasteiger partial charge in [-0.05, 0) is 39.0 Å². The Morgan fingerprint density at radius 2 is 2.00 bits per heavy atom. The normalized spacial score (nSPS) is 10.6. The quantitative estimate of drug-likeness (QED) is 0.685. The van der Waals surface area contributed by atoms with Gasteiger partial charge in [-0.1, -0.05) is 11.6 Å². The number of nitrogen functional groups attached to an aromatic ring is 1. The number of nitrogens with zero attached hydrogens (tertiary/aromatic N) is 1. The number of pyridine rings is 1. The van der Waals surface area contributed by atoms with E-state index in [0.717, 1.165) is 5.56 Å². The van der Waals surface area contributed by atoms with Gasteiger partial charge in [0.25, 0.3) is 0 Å². The zero-order valence-corrected chi connectivity index (χ0v) is 11.9. The van der Waals surface area contributed by atoms with Crippen LogP contribution in [0.15, 0.2) is 36.7 Å². The van der Waals surface area contributed by atoms with E-state index in [-0.39, 0.29) is 11.9 Å². The molecule has 0 unspecified atom stereocenters. The maximum absolute atomic E-state index is 12.5. The number of hydrogen-bond donors (Lipinski definition) is 1. The Labute approximate surface area is 118 Å². The van der Waals surface area contributed by atoms with Crippen molar-refractivity contribution in [3.8, 4) is 5.75 Å². The van der Waals surface area contributed by atoms with Crippen molar-refractivity contribution in [2.45, 2.75) is 26.9 Å². The Morgan fingerprint density at radius 3 is 2.70 bits per heavy atom. The number of aromatic nitrogens is 1. The third kappa shape index (κ3) is 3.15. The Hall–Kier alpha value is -2.36. The van der Waals surface area contributed by atoms with Gasteiger partial charge < -0.3 is 10.5 Å². The van der Waals surface area contributed by atoms with Crippen molar-refractivity contribution in [1.82, 2.24) is 4.98 Å². The topological polar surface area (TPSA) is 65.2 Å². The second-order valence-electron chi connectivity index (χ2n) is 5.00. The van der Waals surface area contributed by atoms with Crippen LogP contribution in [0.2, 0.25) is 0 Å². The molecule has 2 N–H and O–H groups in total. The molecule has 2 aromatic rings. The molecule has 0 saturated heterocycles. The molecule has 1 aromatic carbocycles. The lowest BCUT2D eigenvalue weighted by Crippen LogP contribution is -2.09. The summed E-state index contributed by atoms with van der Waals surface area (Å²) >= 11 is 0. The fourth-order valence-electron chi connectivity index (χ4n) is 1.90. The van der Waals surface area contributed by atoms with Crippen molar-refractivity contribution in [2.24, 2.45) is 0 Å². The molecule has 4 nitrogen and oxygen atoms in total. The highest BCUT2D eigenvalue weighted by Crippen LogP contribution is 2.20. The highest BCUT2D eigenvalue weighted by Gasteiger charge is 2.14. The molecular formula is C16H18N2O2. The molecule has 0 bridgehead atoms. The van der Waals surface area contributed by atoms with Gasteiger partial charge in [0.05, 0.1) is 12.3 Å². The number of hydrogen-bond acceptors (Lipinski definition) is 4. The van der Waals surface area contributed by atoms with Gasteiger partial charge in [-0.25, -0.2) is 0 Å². The first-order chi connectivity index (χ1) is 9.47. The van der Waals surface area contributed by atoms with E-state index < -0.39 is 0 Å². The van der Waals surface area contributed by atoms with Crippen LogP contribution < -0.4 is 10.5 Å². The Bertz CT molecular complexity index is 636. The first-order valence-electron chi connectivity index (χ1n) is 6.50. The van der Waals surface area contributed by atoms with Crippen LogP contribution in [-0.2, 0) is 0 Å². The minimum Gasteiger partial charge on any atom is -0.489 e. The van der Waals surface area contributed by atoms with Crippen LogP contribution in [0.5, 0.6) is 5.75 Å². The van der Waals surface area contributed by atoms with E-state index in [1.807, 2.05) is 26.8 Å². The summed E-state index contributed by atoms with van der Waals surface area (Å²) in [5.41, 5.74) is 8.30. The molecule has 0 radical (unpaired) electrons. The molecule has 0 fully saturated rings. The Kier molecular flexibility index (Phi) is 4.03. The molecule has 0 aliphatic rings. The predicted octanol–water partition coefficient (Wildman–Crippen LogP) is 2.99. The summed E-state index contributed by atoms with van der Waals surface area (Å²) in [4.78, 5) is 16.5. The van der Waals surface area contributed by atoms with Gasteiger partial charge in [0.1, 0.15) is 5.75 Å². The van der Waals surface area contributed by atoms with Crippen molar-refractivity contribution in [2.75, 3.05) is 5.73 Å². The SMILES string of the molecule is Cc1ccc(N)c(C(=O)c2cncc(OC(C)C)c2)c1. The molecule has 0 atom stereocenters. The number of carbonyl (C=O) groups excluding carboxylic acids is 1. The fourth-order valence-corrected chi connectivity index (χ4v) is 1.90. The number of anilines is 1. The molecule has 2 rings (SSSR count). The lowest BCUT2D eigenvalue weighted by Gasteiger charge is -2.10.